The Kier molecular flexibility index (Phi) is 8.49. The Labute approximate surface area is 177 Å². The molecule has 0 unspecified atom stereocenters. The Morgan fingerprint density at radius 3 is 2.00 bits per heavy atom. The highest BCUT2D eigenvalue weighted by atomic mass is 35.5. The van der Waals surface area contributed by atoms with Gasteiger partial charge in [-0.15, -0.1) is 12.4 Å². The molecule has 0 saturated carbocycles. The Morgan fingerprint density at radius 1 is 1.00 bits per heavy atom. The molecule has 1 aliphatic rings. The van der Waals surface area contributed by atoms with Gasteiger partial charge in [0.2, 0.25) is 5.91 Å². The van der Waals surface area contributed by atoms with Crippen molar-refractivity contribution in [2.24, 2.45) is 11.7 Å². The third kappa shape index (κ3) is 6.21. The Morgan fingerprint density at radius 2 is 1.52 bits per heavy atom. The van der Waals surface area contributed by atoms with Gasteiger partial charge in [-0.3, -0.25) is 9.59 Å². The number of carbonyl (C=O) groups excluding carboxylic acids is 2. The zero-order valence-electron chi connectivity index (χ0n) is 16.6. The van der Waals surface area contributed by atoms with Crippen molar-refractivity contribution in [1.82, 2.24) is 10.2 Å². The number of ether oxygens (including phenoxy) is 1. The molecule has 2 aromatic rings. The van der Waals surface area contributed by atoms with Crippen molar-refractivity contribution in [3.63, 3.8) is 0 Å². The smallest absolute Gasteiger partial charge is 0.253 e. The van der Waals surface area contributed by atoms with Crippen molar-refractivity contribution < 1.29 is 14.3 Å². The molecule has 7 heteroatoms. The highest BCUT2D eigenvalue weighted by Crippen LogP contribution is 2.24. The molecule has 6 nitrogen and oxygen atoms in total. The molecule has 0 spiro atoms. The summed E-state index contributed by atoms with van der Waals surface area (Å²) in [7, 11) is 1.97. The van der Waals surface area contributed by atoms with Crippen molar-refractivity contribution in [3.05, 3.63) is 59.7 Å². The summed E-state index contributed by atoms with van der Waals surface area (Å²) < 4.78 is 5.76. The molecule has 1 fully saturated rings. The van der Waals surface area contributed by atoms with Crippen LogP contribution in [-0.2, 0) is 0 Å². The summed E-state index contributed by atoms with van der Waals surface area (Å²) in [6, 6.07) is 13.8. The molecule has 29 heavy (non-hydrogen) atoms. The van der Waals surface area contributed by atoms with E-state index >= 15 is 0 Å². The number of carbonyl (C=O) groups is 2. The van der Waals surface area contributed by atoms with Crippen LogP contribution in [0.1, 0.15) is 40.0 Å². The van der Waals surface area contributed by atoms with Crippen LogP contribution in [0.25, 0.3) is 0 Å². The number of nitrogens with zero attached hydrogens (tertiary/aromatic N) is 1. The number of likely N-dealkylation sites (tertiary alicyclic amines) is 1. The van der Waals surface area contributed by atoms with Gasteiger partial charge in [0, 0.05) is 24.2 Å². The summed E-state index contributed by atoms with van der Waals surface area (Å²) in [5, 5.41) is 3.19. The molecule has 1 saturated heterocycles. The van der Waals surface area contributed by atoms with E-state index in [1.165, 1.54) is 6.42 Å². The lowest BCUT2D eigenvalue weighted by molar-refractivity contribution is 0.0687. The van der Waals surface area contributed by atoms with Crippen molar-refractivity contribution in [1.29, 1.82) is 0 Å². The lowest BCUT2D eigenvalue weighted by Gasteiger charge is -2.32. The lowest BCUT2D eigenvalue weighted by atomic mass is 9.93. The summed E-state index contributed by atoms with van der Waals surface area (Å²) in [5.41, 5.74) is 6.34. The molecule has 156 valence electrons. The fourth-order valence-electron chi connectivity index (χ4n) is 3.44. The summed E-state index contributed by atoms with van der Waals surface area (Å²) in [4.78, 5) is 25.8. The van der Waals surface area contributed by atoms with E-state index in [-0.39, 0.29) is 18.3 Å². The van der Waals surface area contributed by atoms with Gasteiger partial charge in [-0.1, -0.05) is 0 Å². The molecule has 0 atom stereocenters. The van der Waals surface area contributed by atoms with E-state index in [0.29, 0.717) is 28.5 Å². The Balaban J connectivity index is 0.00000300. The van der Waals surface area contributed by atoms with E-state index in [1.54, 1.807) is 48.5 Å². The molecule has 0 aliphatic carbocycles. The Bertz CT molecular complexity index is 801. The normalized spacial score (nSPS) is 14.2. The third-order valence-electron chi connectivity index (χ3n) is 5.18. The van der Waals surface area contributed by atoms with Gasteiger partial charge in [0.05, 0.1) is 0 Å². The Hall–Kier alpha value is -2.57. The van der Waals surface area contributed by atoms with Crippen LogP contribution in [0.3, 0.4) is 0 Å². The fraction of sp³-hybridized carbons (Fsp3) is 0.364. The van der Waals surface area contributed by atoms with Crippen LogP contribution in [-0.4, -0.2) is 43.4 Å². The number of halogens is 1. The van der Waals surface area contributed by atoms with Crippen molar-refractivity contribution >= 4 is 24.2 Å². The van der Waals surface area contributed by atoms with E-state index < -0.39 is 5.91 Å². The third-order valence-corrected chi connectivity index (χ3v) is 5.18. The minimum atomic E-state index is -0.472. The quantitative estimate of drug-likeness (QED) is 0.722. The van der Waals surface area contributed by atoms with Crippen LogP contribution >= 0.6 is 12.4 Å². The van der Waals surface area contributed by atoms with Crippen molar-refractivity contribution in [3.8, 4) is 11.5 Å². The van der Waals surface area contributed by atoms with Crippen molar-refractivity contribution in [2.45, 2.75) is 19.3 Å². The van der Waals surface area contributed by atoms with Gasteiger partial charge in [-0.25, -0.2) is 0 Å². The maximum atomic E-state index is 12.7. The number of rotatable bonds is 7. The topological polar surface area (TPSA) is 84.7 Å². The van der Waals surface area contributed by atoms with Gasteiger partial charge >= 0.3 is 0 Å². The number of amides is 2. The number of hydrogen-bond donors (Lipinski definition) is 2. The SMILES string of the molecule is CNCCC1CCN(C(=O)c2ccc(Oc3ccc(C(N)=O)cc3)cc2)CC1.Cl. The molecule has 2 amide bonds. The van der Waals surface area contributed by atoms with E-state index in [1.807, 2.05) is 11.9 Å². The van der Waals surface area contributed by atoms with Crippen LogP contribution in [0, 0.1) is 5.92 Å². The summed E-state index contributed by atoms with van der Waals surface area (Å²) >= 11 is 0. The van der Waals surface area contributed by atoms with Crippen LogP contribution < -0.4 is 15.8 Å². The van der Waals surface area contributed by atoms with Gasteiger partial charge in [-0.2, -0.15) is 0 Å². The van der Waals surface area contributed by atoms with E-state index in [9.17, 15) is 9.59 Å². The monoisotopic (exact) mass is 417 g/mol. The minimum absolute atomic E-state index is 0. The highest BCUT2D eigenvalue weighted by molar-refractivity contribution is 5.94. The van der Waals surface area contributed by atoms with Gasteiger partial charge in [0.25, 0.3) is 5.91 Å². The summed E-state index contributed by atoms with van der Waals surface area (Å²) in [5.74, 6) is 1.54. The first kappa shape index (κ1) is 22.7. The number of nitrogens with one attached hydrogen (secondary N) is 1. The zero-order valence-corrected chi connectivity index (χ0v) is 17.4. The number of primary amides is 1. The van der Waals surface area contributed by atoms with Gasteiger partial charge in [0.1, 0.15) is 11.5 Å². The van der Waals surface area contributed by atoms with Crippen molar-refractivity contribution in [2.75, 3.05) is 26.7 Å². The van der Waals surface area contributed by atoms with Crippen LogP contribution in [0.2, 0.25) is 0 Å². The molecular formula is C22H28ClN3O3. The maximum absolute atomic E-state index is 12.7. The van der Waals surface area contributed by atoms with Gasteiger partial charge in [-0.05, 0) is 87.3 Å². The fourth-order valence-corrected chi connectivity index (χ4v) is 3.44. The number of piperidine rings is 1. The van der Waals surface area contributed by atoms with E-state index in [0.717, 1.165) is 32.5 Å². The zero-order chi connectivity index (χ0) is 19.9. The number of benzene rings is 2. The first-order valence-electron chi connectivity index (χ1n) is 9.68. The number of hydrogen-bond acceptors (Lipinski definition) is 4. The first-order chi connectivity index (χ1) is 13.6. The maximum Gasteiger partial charge on any atom is 0.253 e. The van der Waals surface area contributed by atoms with Gasteiger partial charge < -0.3 is 20.7 Å². The predicted octanol–water partition coefficient (Wildman–Crippen LogP) is 3.46. The molecule has 1 aliphatic heterocycles. The molecule has 0 radical (unpaired) electrons. The second-order valence-corrected chi connectivity index (χ2v) is 7.14. The molecule has 3 N–H and O–H groups in total. The highest BCUT2D eigenvalue weighted by Gasteiger charge is 2.23. The predicted molar refractivity (Wildman–Crippen MR) is 116 cm³/mol. The van der Waals surface area contributed by atoms with Crippen LogP contribution in [0.4, 0.5) is 0 Å². The minimum Gasteiger partial charge on any atom is -0.457 e. The molecule has 0 aromatic heterocycles. The first-order valence-corrected chi connectivity index (χ1v) is 9.68. The second kappa shape index (κ2) is 10.8. The largest absolute Gasteiger partial charge is 0.457 e. The molecule has 1 heterocycles. The van der Waals surface area contributed by atoms with Crippen LogP contribution in [0.15, 0.2) is 48.5 Å². The van der Waals surface area contributed by atoms with E-state index in [4.69, 9.17) is 10.5 Å². The number of nitrogens with two attached hydrogens (primary N) is 1. The average Bonchev–Trinajstić information content (AvgIpc) is 2.73. The molecule has 3 rings (SSSR count). The average molecular weight is 418 g/mol. The lowest BCUT2D eigenvalue weighted by Crippen LogP contribution is -2.38. The second-order valence-electron chi connectivity index (χ2n) is 7.14. The summed E-state index contributed by atoms with van der Waals surface area (Å²) in [6.45, 7) is 2.67. The standard InChI is InChI=1S/C22H27N3O3.ClH/c1-24-13-10-16-11-14-25(15-12-16)22(27)18-4-8-20(9-5-18)28-19-6-2-17(3-7-19)21(23)26;/h2-9,16,24H,10-15H2,1H3,(H2,23,26);1H. The van der Waals surface area contributed by atoms with Crippen LogP contribution in [0.5, 0.6) is 11.5 Å². The summed E-state index contributed by atoms with van der Waals surface area (Å²) in [6.07, 6.45) is 3.30. The van der Waals surface area contributed by atoms with E-state index in [2.05, 4.69) is 5.32 Å². The molecule has 2 aromatic carbocycles. The van der Waals surface area contributed by atoms with Gasteiger partial charge in [0.15, 0.2) is 0 Å². The molecule has 0 bridgehead atoms. The molecular weight excluding hydrogens is 390 g/mol.